The number of hydrogen-bond donors (Lipinski definition) is 2. The molecule has 0 aliphatic carbocycles. The summed E-state index contributed by atoms with van der Waals surface area (Å²) in [7, 11) is 0. The Balaban J connectivity index is 2.29. The number of nitrogens with one attached hydrogen (secondary N) is 1. The molecule has 0 radical (unpaired) electrons. The average Bonchev–Trinajstić information content (AvgIpc) is 2.88. The van der Waals surface area contributed by atoms with Crippen molar-refractivity contribution >= 4 is 57.7 Å². The van der Waals surface area contributed by atoms with Gasteiger partial charge in [-0.05, 0) is 23.6 Å². The summed E-state index contributed by atoms with van der Waals surface area (Å²) in [4.78, 5) is 12.8. The van der Waals surface area contributed by atoms with Crippen LogP contribution in [0.3, 0.4) is 0 Å². The van der Waals surface area contributed by atoms with Gasteiger partial charge >= 0.3 is 0 Å². The summed E-state index contributed by atoms with van der Waals surface area (Å²) in [5, 5.41) is 5.39. The summed E-state index contributed by atoms with van der Waals surface area (Å²) in [6.45, 7) is 0.228. The van der Waals surface area contributed by atoms with E-state index in [0.29, 0.717) is 21.2 Å². The molecule has 3 nitrogen and oxygen atoms in total. The average molecular weight is 360 g/mol. The van der Waals surface area contributed by atoms with E-state index in [2.05, 4.69) is 17.2 Å². The van der Waals surface area contributed by atoms with Crippen LogP contribution in [0.5, 0.6) is 0 Å². The summed E-state index contributed by atoms with van der Waals surface area (Å²) in [5.74, 6) is 5.22. The fraction of sp³-hybridized carbons (Fsp3) is 0.0714. The van der Waals surface area contributed by atoms with E-state index in [0.717, 1.165) is 0 Å². The van der Waals surface area contributed by atoms with Gasteiger partial charge in [0.25, 0.3) is 5.91 Å². The first kappa shape index (κ1) is 16.2. The predicted octanol–water partition coefficient (Wildman–Crippen LogP) is 4.27. The van der Waals surface area contributed by atoms with Crippen LogP contribution < -0.4 is 11.1 Å². The van der Waals surface area contributed by atoms with Crippen molar-refractivity contribution in [2.75, 3.05) is 11.9 Å². The van der Waals surface area contributed by atoms with Gasteiger partial charge in [-0.1, -0.05) is 46.6 Å². The van der Waals surface area contributed by atoms with E-state index in [9.17, 15) is 4.79 Å². The van der Waals surface area contributed by atoms with Crippen LogP contribution in [0.2, 0.25) is 15.1 Å². The third-order valence-corrected chi connectivity index (χ3v) is 4.17. The van der Waals surface area contributed by atoms with E-state index >= 15 is 0 Å². The van der Waals surface area contributed by atoms with E-state index in [4.69, 9.17) is 40.5 Å². The molecule has 0 aliphatic rings. The molecule has 7 heteroatoms. The van der Waals surface area contributed by atoms with Crippen LogP contribution in [-0.2, 0) is 0 Å². The number of hydrogen-bond acceptors (Lipinski definition) is 3. The highest BCUT2D eigenvalue weighted by atomic mass is 35.5. The highest BCUT2D eigenvalue weighted by Gasteiger charge is 2.16. The Hall–Kier alpha value is -1.22. The lowest BCUT2D eigenvalue weighted by Gasteiger charge is -2.09. The molecule has 1 amide bonds. The number of carbonyl (C=O) groups is 1. The first-order chi connectivity index (χ1) is 10.0. The van der Waals surface area contributed by atoms with Gasteiger partial charge in [0.15, 0.2) is 0 Å². The minimum Gasteiger partial charge on any atom is -0.320 e. The van der Waals surface area contributed by atoms with Gasteiger partial charge in [0, 0.05) is 10.6 Å². The number of halogens is 3. The molecule has 0 saturated heterocycles. The molecule has 0 fully saturated rings. The lowest BCUT2D eigenvalue weighted by Crippen LogP contribution is -2.12. The smallest absolute Gasteiger partial charge is 0.267 e. The Kier molecular flexibility index (Phi) is 5.51. The van der Waals surface area contributed by atoms with Crippen LogP contribution >= 0.6 is 46.1 Å². The summed E-state index contributed by atoms with van der Waals surface area (Å²) >= 11 is 19.2. The molecule has 0 unspecified atom stereocenters. The molecule has 0 saturated carbocycles. The normalized spacial score (nSPS) is 9.90. The summed E-state index contributed by atoms with van der Waals surface area (Å²) in [6, 6.07) is 4.77. The largest absolute Gasteiger partial charge is 0.320 e. The molecule has 2 aromatic rings. The molecule has 0 bridgehead atoms. The van der Waals surface area contributed by atoms with Gasteiger partial charge in [0.1, 0.15) is 4.88 Å². The predicted molar refractivity (Wildman–Crippen MR) is 89.7 cm³/mol. The second kappa shape index (κ2) is 7.17. The fourth-order valence-corrected chi connectivity index (χ4v) is 3.22. The number of benzene rings is 1. The fourth-order valence-electron chi connectivity index (χ4n) is 1.56. The topological polar surface area (TPSA) is 55.1 Å². The van der Waals surface area contributed by atoms with Crippen LogP contribution in [0.25, 0.3) is 0 Å². The Labute approximate surface area is 141 Å². The van der Waals surface area contributed by atoms with Crippen LogP contribution in [-0.4, -0.2) is 12.5 Å². The molecule has 0 atom stereocenters. The molecule has 21 heavy (non-hydrogen) atoms. The van der Waals surface area contributed by atoms with E-state index in [1.54, 1.807) is 11.4 Å². The number of nitrogens with two attached hydrogens (primary N) is 1. The zero-order valence-corrected chi connectivity index (χ0v) is 13.6. The second-order valence-corrected chi connectivity index (χ2v) is 6.03. The number of amides is 1. The van der Waals surface area contributed by atoms with Crippen molar-refractivity contribution in [1.29, 1.82) is 0 Å². The standard InChI is InChI=1S/C14H9Cl3N2OS/c15-9-6-10(16)12(11(17)7-9)19-14(20)13-8(2-1-4-18)3-5-21-13/h3,5-7H,4,18H2,(H,19,20). The Bertz CT molecular complexity index is 723. The first-order valence-corrected chi connectivity index (χ1v) is 7.76. The summed E-state index contributed by atoms with van der Waals surface area (Å²) < 4.78 is 0. The summed E-state index contributed by atoms with van der Waals surface area (Å²) in [5.41, 5.74) is 6.26. The number of thiophene rings is 1. The molecule has 1 aromatic heterocycles. The lowest BCUT2D eigenvalue weighted by atomic mass is 10.2. The van der Waals surface area contributed by atoms with E-state index in [1.165, 1.54) is 23.5 Å². The summed E-state index contributed by atoms with van der Waals surface area (Å²) in [6.07, 6.45) is 0. The van der Waals surface area contributed by atoms with Crippen molar-refractivity contribution in [3.8, 4) is 11.8 Å². The van der Waals surface area contributed by atoms with Crippen molar-refractivity contribution in [2.45, 2.75) is 0 Å². The molecule has 108 valence electrons. The van der Waals surface area contributed by atoms with Crippen LogP contribution in [0.15, 0.2) is 23.6 Å². The number of anilines is 1. The van der Waals surface area contributed by atoms with E-state index < -0.39 is 0 Å². The lowest BCUT2D eigenvalue weighted by molar-refractivity contribution is 0.103. The van der Waals surface area contributed by atoms with Crippen molar-refractivity contribution in [3.05, 3.63) is 49.1 Å². The van der Waals surface area contributed by atoms with Crippen LogP contribution in [0.1, 0.15) is 15.2 Å². The van der Waals surface area contributed by atoms with Crippen molar-refractivity contribution in [3.63, 3.8) is 0 Å². The zero-order valence-electron chi connectivity index (χ0n) is 10.5. The van der Waals surface area contributed by atoms with Gasteiger partial charge in [0.2, 0.25) is 0 Å². The third kappa shape index (κ3) is 3.91. The zero-order chi connectivity index (χ0) is 15.4. The minimum atomic E-state index is -0.336. The second-order valence-electron chi connectivity index (χ2n) is 3.87. The Morgan fingerprint density at radius 2 is 1.95 bits per heavy atom. The SMILES string of the molecule is NCC#Cc1ccsc1C(=O)Nc1c(Cl)cc(Cl)cc1Cl. The van der Waals surface area contributed by atoms with Crippen molar-refractivity contribution in [1.82, 2.24) is 0 Å². The van der Waals surface area contributed by atoms with Gasteiger partial charge in [0.05, 0.1) is 22.3 Å². The molecular weight excluding hydrogens is 351 g/mol. The molecule has 1 aromatic carbocycles. The van der Waals surface area contributed by atoms with Crippen LogP contribution in [0, 0.1) is 11.8 Å². The van der Waals surface area contributed by atoms with Gasteiger partial charge in [-0.25, -0.2) is 0 Å². The van der Waals surface area contributed by atoms with E-state index in [-0.39, 0.29) is 22.5 Å². The molecule has 0 aliphatic heterocycles. The first-order valence-electron chi connectivity index (χ1n) is 5.75. The minimum absolute atomic E-state index is 0.228. The molecule has 0 spiro atoms. The maximum Gasteiger partial charge on any atom is 0.267 e. The van der Waals surface area contributed by atoms with Crippen LogP contribution in [0.4, 0.5) is 5.69 Å². The molecule has 2 rings (SSSR count). The van der Waals surface area contributed by atoms with Crippen molar-refractivity contribution < 1.29 is 4.79 Å². The quantitative estimate of drug-likeness (QED) is 0.787. The Morgan fingerprint density at radius 3 is 2.57 bits per heavy atom. The molecule has 1 heterocycles. The maximum atomic E-state index is 12.3. The monoisotopic (exact) mass is 358 g/mol. The van der Waals surface area contributed by atoms with Gasteiger partial charge < -0.3 is 11.1 Å². The number of rotatable bonds is 2. The van der Waals surface area contributed by atoms with Gasteiger partial charge in [-0.3, -0.25) is 4.79 Å². The molecular formula is C14H9Cl3N2OS. The maximum absolute atomic E-state index is 12.3. The number of carbonyl (C=O) groups excluding carboxylic acids is 1. The van der Waals surface area contributed by atoms with Gasteiger partial charge in [-0.2, -0.15) is 0 Å². The van der Waals surface area contributed by atoms with E-state index in [1.807, 2.05) is 0 Å². The molecule has 3 N–H and O–H groups in total. The highest BCUT2D eigenvalue weighted by Crippen LogP contribution is 2.34. The third-order valence-electron chi connectivity index (χ3n) is 2.44. The van der Waals surface area contributed by atoms with Gasteiger partial charge in [-0.15, -0.1) is 11.3 Å². The Morgan fingerprint density at radius 1 is 1.29 bits per heavy atom. The highest BCUT2D eigenvalue weighted by molar-refractivity contribution is 7.12. The van der Waals surface area contributed by atoms with Crippen molar-refractivity contribution in [2.24, 2.45) is 5.73 Å².